The van der Waals surface area contributed by atoms with Crippen molar-refractivity contribution in [3.63, 3.8) is 0 Å². The van der Waals surface area contributed by atoms with Crippen molar-refractivity contribution in [2.45, 2.75) is 32.6 Å². The number of ether oxygens (including phenoxy) is 1. The molecule has 1 aliphatic rings. The summed E-state index contributed by atoms with van der Waals surface area (Å²) in [4.78, 5) is 26.1. The Balaban J connectivity index is 1.85. The fourth-order valence-corrected chi connectivity index (χ4v) is 2.97. The molecule has 0 aliphatic carbocycles. The molecule has 22 heavy (non-hydrogen) atoms. The van der Waals surface area contributed by atoms with Crippen LogP contribution in [0.15, 0.2) is 27.4 Å². The summed E-state index contributed by atoms with van der Waals surface area (Å²) in [7, 11) is 0. The summed E-state index contributed by atoms with van der Waals surface area (Å²) in [6, 6.07) is 4.91. The van der Waals surface area contributed by atoms with Crippen LogP contribution in [0.2, 0.25) is 5.02 Å². The molecule has 118 valence electrons. The Morgan fingerprint density at radius 1 is 1.32 bits per heavy atom. The number of hydrogen-bond acceptors (Lipinski definition) is 4. The third kappa shape index (κ3) is 2.89. The molecule has 2 aromatic rings. The summed E-state index contributed by atoms with van der Waals surface area (Å²) in [5.41, 5.74) is 0.950. The fraction of sp³-hybridized carbons (Fsp3) is 0.467. The summed E-state index contributed by atoms with van der Waals surface area (Å²) in [6.07, 6.45) is -0.0198. The van der Waals surface area contributed by atoms with Crippen LogP contribution in [0, 0.1) is 0 Å². The molecule has 0 saturated carbocycles. The first-order valence-corrected chi connectivity index (χ1v) is 7.54. The Morgan fingerprint density at radius 2 is 2.00 bits per heavy atom. The Hall–Kier alpha value is -1.79. The maximum atomic E-state index is 12.5. The van der Waals surface area contributed by atoms with E-state index >= 15 is 0 Å². The van der Waals surface area contributed by atoms with Crippen LogP contribution in [0.1, 0.15) is 13.8 Å². The lowest BCUT2D eigenvalue weighted by molar-refractivity contribution is -0.143. The number of rotatable bonds is 2. The standard InChI is InChI=1S/C15H17ClN2O4/c1-9-6-17(7-10(2)21-9)14(19)8-18-12-4-3-11(16)5-13(12)22-15(18)20/h3-5,9-10H,6-8H2,1-2H3/t9-,10-/m1/s1. The molecule has 1 amide bonds. The van der Waals surface area contributed by atoms with Crippen molar-refractivity contribution in [1.29, 1.82) is 0 Å². The van der Waals surface area contributed by atoms with Gasteiger partial charge in [-0.1, -0.05) is 11.6 Å². The summed E-state index contributed by atoms with van der Waals surface area (Å²) in [5, 5.41) is 0.482. The van der Waals surface area contributed by atoms with Gasteiger partial charge in [0.1, 0.15) is 6.54 Å². The third-order valence-electron chi connectivity index (χ3n) is 3.70. The van der Waals surface area contributed by atoms with Gasteiger partial charge < -0.3 is 14.1 Å². The van der Waals surface area contributed by atoms with Gasteiger partial charge in [-0.15, -0.1) is 0 Å². The van der Waals surface area contributed by atoms with Gasteiger partial charge in [0.2, 0.25) is 5.91 Å². The van der Waals surface area contributed by atoms with Gasteiger partial charge >= 0.3 is 5.76 Å². The number of halogens is 1. The number of benzene rings is 1. The van der Waals surface area contributed by atoms with E-state index in [9.17, 15) is 9.59 Å². The van der Waals surface area contributed by atoms with E-state index in [1.54, 1.807) is 23.1 Å². The number of carbonyl (C=O) groups excluding carboxylic acids is 1. The molecule has 1 aromatic carbocycles. The minimum absolute atomic E-state index is 0.00989. The van der Waals surface area contributed by atoms with Crippen molar-refractivity contribution < 1.29 is 13.9 Å². The van der Waals surface area contributed by atoms with Crippen molar-refractivity contribution in [2.75, 3.05) is 13.1 Å². The molecule has 1 fully saturated rings. The number of nitrogens with zero attached hydrogens (tertiary/aromatic N) is 2. The quantitative estimate of drug-likeness (QED) is 0.846. The summed E-state index contributed by atoms with van der Waals surface area (Å²) < 4.78 is 12.1. The zero-order chi connectivity index (χ0) is 15.9. The molecule has 3 rings (SSSR count). The Labute approximate surface area is 132 Å². The van der Waals surface area contributed by atoms with Crippen LogP contribution >= 0.6 is 11.6 Å². The van der Waals surface area contributed by atoms with E-state index in [1.165, 1.54) is 4.57 Å². The van der Waals surface area contributed by atoms with E-state index in [1.807, 2.05) is 13.8 Å². The van der Waals surface area contributed by atoms with Gasteiger partial charge in [-0.25, -0.2) is 4.79 Å². The second-order valence-electron chi connectivity index (χ2n) is 5.62. The van der Waals surface area contributed by atoms with Crippen LogP contribution < -0.4 is 5.76 Å². The van der Waals surface area contributed by atoms with Crippen LogP contribution in [0.25, 0.3) is 11.1 Å². The van der Waals surface area contributed by atoms with E-state index in [2.05, 4.69) is 0 Å². The second kappa shape index (κ2) is 5.78. The van der Waals surface area contributed by atoms with Gasteiger partial charge in [0.05, 0.1) is 17.7 Å². The number of oxazole rings is 1. The molecule has 6 nitrogen and oxygen atoms in total. The SMILES string of the molecule is C[C@@H]1CN(C(=O)Cn2c(=O)oc3cc(Cl)ccc32)C[C@@H](C)O1. The summed E-state index contributed by atoms with van der Waals surface area (Å²) in [6.45, 7) is 4.86. The molecule has 2 heterocycles. The molecule has 0 unspecified atom stereocenters. The number of aromatic nitrogens is 1. The lowest BCUT2D eigenvalue weighted by Gasteiger charge is -2.35. The Kier molecular flexibility index (Phi) is 3.97. The molecular weight excluding hydrogens is 308 g/mol. The molecule has 2 atom stereocenters. The highest BCUT2D eigenvalue weighted by atomic mass is 35.5. The van der Waals surface area contributed by atoms with Gasteiger partial charge in [0.25, 0.3) is 0 Å². The Morgan fingerprint density at radius 3 is 2.68 bits per heavy atom. The number of hydrogen-bond donors (Lipinski definition) is 0. The summed E-state index contributed by atoms with van der Waals surface area (Å²) >= 11 is 5.88. The van der Waals surface area contributed by atoms with Gasteiger partial charge in [0.15, 0.2) is 5.58 Å². The lowest BCUT2D eigenvalue weighted by Crippen LogP contribution is -2.49. The first-order valence-electron chi connectivity index (χ1n) is 7.16. The molecule has 7 heteroatoms. The smallest absolute Gasteiger partial charge is 0.408 e. The number of morpholine rings is 1. The average molecular weight is 325 g/mol. The van der Waals surface area contributed by atoms with Crippen LogP contribution in [0.5, 0.6) is 0 Å². The lowest BCUT2D eigenvalue weighted by atomic mass is 10.2. The molecule has 0 spiro atoms. The van der Waals surface area contributed by atoms with Gasteiger partial charge in [-0.2, -0.15) is 0 Å². The first kappa shape index (κ1) is 15.1. The molecule has 0 N–H and O–H groups in total. The average Bonchev–Trinajstić information content (AvgIpc) is 2.73. The molecular formula is C15H17ClN2O4. The number of carbonyl (C=O) groups is 1. The second-order valence-corrected chi connectivity index (χ2v) is 6.06. The predicted molar refractivity (Wildman–Crippen MR) is 82.1 cm³/mol. The Bertz CT molecular complexity index is 756. The molecule has 0 radical (unpaired) electrons. The van der Waals surface area contributed by atoms with Crippen LogP contribution in [0.3, 0.4) is 0 Å². The van der Waals surface area contributed by atoms with E-state index in [4.69, 9.17) is 20.8 Å². The van der Waals surface area contributed by atoms with E-state index in [-0.39, 0.29) is 24.7 Å². The van der Waals surface area contributed by atoms with Gasteiger partial charge in [-0.3, -0.25) is 9.36 Å². The molecule has 1 aromatic heterocycles. The normalized spacial score (nSPS) is 22.2. The van der Waals surface area contributed by atoms with Crippen molar-refractivity contribution >= 4 is 28.6 Å². The number of amides is 1. The third-order valence-corrected chi connectivity index (χ3v) is 3.93. The topological polar surface area (TPSA) is 64.7 Å². The minimum atomic E-state index is -0.556. The van der Waals surface area contributed by atoms with Gasteiger partial charge in [0, 0.05) is 24.2 Å². The first-order chi connectivity index (χ1) is 10.4. The zero-order valence-electron chi connectivity index (χ0n) is 12.4. The summed E-state index contributed by atoms with van der Waals surface area (Å²) in [5.74, 6) is -0.679. The van der Waals surface area contributed by atoms with Gasteiger partial charge in [-0.05, 0) is 26.0 Å². The predicted octanol–water partition coefficient (Wildman–Crippen LogP) is 1.88. The van der Waals surface area contributed by atoms with Crippen molar-refractivity contribution in [3.8, 4) is 0 Å². The maximum absolute atomic E-state index is 12.5. The van der Waals surface area contributed by atoms with Crippen LogP contribution in [-0.2, 0) is 16.1 Å². The number of fused-ring (bicyclic) bond motifs is 1. The van der Waals surface area contributed by atoms with E-state index in [0.29, 0.717) is 29.2 Å². The minimum Gasteiger partial charge on any atom is -0.408 e. The highest BCUT2D eigenvalue weighted by Crippen LogP contribution is 2.19. The molecule has 1 saturated heterocycles. The monoisotopic (exact) mass is 324 g/mol. The van der Waals surface area contributed by atoms with Crippen LogP contribution in [0.4, 0.5) is 0 Å². The van der Waals surface area contributed by atoms with E-state index < -0.39 is 5.76 Å². The highest BCUT2D eigenvalue weighted by molar-refractivity contribution is 6.31. The largest absolute Gasteiger partial charge is 0.420 e. The zero-order valence-corrected chi connectivity index (χ0v) is 13.2. The fourth-order valence-electron chi connectivity index (χ4n) is 2.81. The van der Waals surface area contributed by atoms with Crippen LogP contribution in [-0.4, -0.2) is 40.7 Å². The van der Waals surface area contributed by atoms with Crippen molar-refractivity contribution in [2.24, 2.45) is 0 Å². The molecule has 0 bridgehead atoms. The maximum Gasteiger partial charge on any atom is 0.420 e. The van der Waals surface area contributed by atoms with Crippen molar-refractivity contribution in [3.05, 3.63) is 33.8 Å². The molecule has 1 aliphatic heterocycles. The van der Waals surface area contributed by atoms with E-state index in [0.717, 1.165) is 0 Å². The highest BCUT2D eigenvalue weighted by Gasteiger charge is 2.26. The van der Waals surface area contributed by atoms with Crippen molar-refractivity contribution in [1.82, 2.24) is 9.47 Å².